The second kappa shape index (κ2) is 3.93. The van der Waals surface area contributed by atoms with E-state index >= 15 is 0 Å². The van der Waals surface area contributed by atoms with Crippen molar-refractivity contribution in [2.45, 2.75) is 25.9 Å². The van der Waals surface area contributed by atoms with Crippen LogP contribution in [0.1, 0.15) is 28.8 Å². The van der Waals surface area contributed by atoms with E-state index in [2.05, 4.69) is 0 Å². The van der Waals surface area contributed by atoms with Crippen LogP contribution in [-0.2, 0) is 4.74 Å². The number of carbonyl (C=O) groups excluding carboxylic acids is 1. The number of esters is 1. The van der Waals surface area contributed by atoms with Crippen molar-refractivity contribution in [1.29, 1.82) is 0 Å². The molecule has 0 aromatic heterocycles. The number of benzene rings is 1. The van der Waals surface area contributed by atoms with E-state index < -0.39 is 0 Å². The summed E-state index contributed by atoms with van der Waals surface area (Å²) in [6, 6.07) is 5.51. The van der Waals surface area contributed by atoms with Gasteiger partial charge in [-0.05, 0) is 37.5 Å². The molecule has 1 fully saturated rings. The fraction of sp³-hybridized carbons (Fsp3) is 0.417. The Morgan fingerprint density at radius 3 is 2.73 bits per heavy atom. The summed E-state index contributed by atoms with van der Waals surface area (Å²) in [5, 5.41) is 0. The summed E-state index contributed by atoms with van der Waals surface area (Å²) in [6.07, 6.45) is 2.44. The van der Waals surface area contributed by atoms with Crippen LogP contribution < -0.4 is 4.74 Å². The zero-order chi connectivity index (χ0) is 10.8. The van der Waals surface area contributed by atoms with Crippen molar-refractivity contribution < 1.29 is 14.3 Å². The van der Waals surface area contributed by atoms with Crippen molar-refractivity contribution in [2.24, 2.45) is 0 Å². The van der Waals surface area contributed by atoms with Gasteiger partial charge in [0.1, 0.15) is 11.3 Å². The minimum Gasteiger partial charge on any atom is -0.490 e. The highest BCUT2D eigenvalue weighted by atomic mass is 16.5. The minimum atomic E-state index is -0.342. The number of hydrogen-bond acceptors (Lipinski definition) is 3. The third-order valence-corrected chi connectivity index (χ3v) is 2.36. The third kappa shape index (κ3) is 2.29. The molecule has 1 saturated carbocycles. The number of carbonyl (C=O) groups is 1. The first-order valence-corrected chi connectivity index (χ1v) is 5.06. The number of aryl methyl sites for hydroxylation is 1. The molecular formula is C12H14O3. The second-order valence-electron chi connectivity index (χ2n) is 3.81. The lowest BCUT2D eigenvalue weighted by Crippen LogP contribution is -2.07. The van der Waals surface area contributed by atoms with Crippen LogP contribution in [0.2, 0.25) is 0 Å². The van der Waals surface area contributed by atoms with Gasteiger partial charge in [-0.1, -0.05) is 6.07 Å². The maximum atomic E-state index is 11.4. The van der Waals surface area contributed by atoms with Crippen molar-refractivity contribution in [3.05, 3.63) is 29.3 Å². The Kier molecular flexibility index (Phi) is 2.62. The Morgan fingerprint density at radius 2 is 2.13 bits per heavy atom. The molecule has 3 nitrogen and oxygen atoms in total. The summed E-state index contributed by atoms with van der Waals surface area (Å²) in [4.78, 5) is 11.4. The summed E-state index contributed by atoms with van der Waals surface area (Å²) in [5.41, 5.74) is 1.59. The van der Waals surface area contributed by atoms with Crippen LogP contribution in [0, 0.1) is 6.92 Å². The van der Waals surface area contributed by atoms with Crippen LogP contribution >= 0.6 is 0 Å². The average Bonchev–Trinajstić information content (AvgIpc) is 3.01. The molecule has 0 radical (unpaired) electrons. The summed E-state index contributed by atoms with van der Waals surface area (Å²) in [7, 11) is 1.38. The summed E-state index contributed by atoms with van der Waals surface area (Å²) in [6.45, 7) is 1.97. The Morgan fingerprint density at radius 1 is 1.40 bits per heavy atom. The maximum Gasteiger partial charge on any atom is 0.341 e. The van der Waals surface area contributed by atoms with E-state index in [0.29, 0.717) is 11.3 Å². The van der Waals surface area contributed by atoms with Crippen LogP contribution in [0.15, 0.2) is 18.2 Å². The summed E-state index contributed by atoms with van der Waals surface area (Å²) < 4.78 is 10.4. The predicted molar refractivity (Wildman–Crippen MR) is 56.2 cm³/mol. The highest BCUT2D eigenvalue weighted by molar-refractivity contribution is 5.92. The first-order chi connectivity index (χ1) is 7.20. The van der Waals surface area contributed by atoms with E-state index in [1.807, 2.05) is 19.1 Å². The molecule has 0 heterocycles. The van der Waals surface area contributed by atoms with Gasteiger partial charge < -0.3 is 9.47 Å². The van der Waals surface area contributed by atoms with Gasteiger partial charge >= 0.3 is 5.97 Å². The Balaban J connectivity index is 2.29. The first-order valence-electron chi connectivity index (χ1n) is 5.06. The van der Waals surface area contributed by atoms with Crippen LogP contribution in [-0.4, -0.2) is 19.2 Å². The van der Waals surface area contributed by atoms with Crippen LogP contribution in [0.25, 0.3) is 0 Å². The Hall–Kier alpha value is -1.51. The van der Waals surface area contributed by atoms with Gasteiger partial charge in [0.05, 0.1) is 13.2 Å². The van der Waals surface area contributed by atoms with Crippen molar-refractivity contribution in [1.82, 2.24) is 0 Å². The molecule has 0 unspecified atom stereocenters. The highest BCUT2D eigenvalue weighted by Crippen LogP contribution is 2.30. The molecule has 0 N–H and O–H groups in total. The van der Waals surface area contributed by atoms with Gasteiger partial charge in [-0.25, -0.2) is 4.79 Å². The van der Waals surface area contributed by atoms with E-state index in [1.54, 1.807) is 6.07 Å². The molecule has 15 heavy (non-hydrogen) atoms. The fourth-order valence-corrected chi connectivity index (χ4v) is 1.37. The molecular weight excluding hydrogens is 192 g/mol. The second-order valence-corrected chi connectivity index (χ2v) is 3.81. The van der Waals surface area contributed by atoms with E-state index in [4.69, 9.17) is 9.47 Å². The number of rotatable bonds is 3. The normalized spacial score (nSPS) is 14.8. The molecule has 0 spiro atoms. The molecule has 1 aliphatic carbocycles. The monoisotopic (exact) mass is 206 g/mol. The van der Waals surface area contributed by atoms with Gasteiger partial charge in [0, 0.05) is 0 Å². The first kappa shape index (κ1) is 10.0. The largest absolute Gasteiger partial charge is 0.490 e. The molecule has 0 saturated heterocycles. The van der Waals surface area contributed by atoms with E-state index in [-0.39, 0.29) is 12.1 Å². The van der Waals surface area contributed by atoms with Gasteiger partial charge in [0.25, 0.3) is 0 Å². The molecule has 0 atom stereocenters. The molecule has 3 heteroatoms. The lowest BCUT2D eigenvalue weighted by Gasteiger charge is -2.09. The Bertz CT molecular complexity index is 380. The maximum absolute atomic E-state index is 11.4. The molecule has 80 valence electrons. The summed E-state index contributed by atoms with van der Waals surface area (Å²) >= 11 is 0. The predicted octanol–water partition coefficient (Wildman–Crippen LogP) is 2.32. The zero-order valence-electron chi connectivity index (χ0n) is 8.95. The van der Waals surface area contributed by atoms with Crippen molar-refractivity contribution in [3.63, 3.8) is 0 Å². The molecule has 1 aromatic carbocycles. The number of methoxy groups -OCH3 is 1. The van der Waals surface area contributed by atoms with Crippen LogP contribution in [0.5, 0.6) is 5.75 Å². The molecule has 1 aliphatic rings. The van der Waals surface area contributed by atoms with Crippen molar-refractivity contribution in [3.8, 4) is 5.75 Å². The fourth-order valence-electron chi connectivity index (χ4n) is 1.37. The molecule has 2 rings (SSSR count). The zero-order valence-corrected chi connectivity index (χ0v) is 8.95. The lowest BCUT2D eigenvalue weighted by atomic mass is 10.1. The quantitative estimate of drug-likeness (QED) is 0.712. The van der Waals surface area contributed by atoms with E-state index in [1.165, 1.54) is 7.11 Å². The van der Waals surface area contributed by atoms with Crippen LogP contribution in [0.3, 0.4) is 0 Å². The highest BCUT2D eigenvalue weighted by Gasteiger charge is 2.25. The smallest absolute Gasteiger partial charge is 0.341 e. The van der Waals surface area contributed by atoms with Crippen molar-refractivity contribution in [2.75, 3.05) is 7.11 Å². The minimum absolute atomic E-state index is 0.287. The van der Waals surface area contributed by atoms with Gasteiger partial charge in [-0.15, -0.1) is 0 Å². The Labute approximate surface area is 89.0 Å². The van der Waals surface area contributed by atoms with Gasteiger partial charge in [0.15, 0.2) is 0 Å². The molecule has 0 aliphatic heterocycles. The van der Waals surface area contributed by atoms with Gasteiger partial charge in [0.2, 0.25) is 0 Å². The number of hydrogen-bond donors (Lipinski definition) is 0. The SMILES string of the molecule is COC(=O)c1ccc(C)cc1OC1CC1. The number of ether oxygens (including phenoxy) is 2. The topological polar surface area (TPSA) is 35.5 Å². The van der Waals surface area contributed by atoms with E-state index in [9.17, 15) is 4.79 Å². The third-order valence-electron chi connectivity index (χ3n) is 2.36. The molecule has 0 bridgehead atoms. The lowest BCUT2D eigenvalue weighted by molar-refractivity contribution is 0.0595. The standard InChI is InChI=1S/C12H14O3/c1-8-3-6-10(12(13)14-2)11(7-8)15-9-4-5-9/h3,6-7,9H,4-5H2,1-2H3. The van der Waals surface area contributed by atoms with E-state index in [0.717, 1.165) is 18.4 Å². The van der Waals surface area contributed by atoms with Crippen molar-refractivity contribution >= 4 is 5.97 Å². The summed E-state index contributed by atoms with van der Waals surface area (Å²) in [5.74, 6) is 0.301. The average molecular weight is 206 g/mol. The van der Waals surface area contributed by atoms with Gasteiger partial charge in [-0.2, -0.15) is 0 Å². The van der Waals surface area contributed by atoms with Crippen LogP contribution in [0.4, 0.5) is 0 Å². The molecule has 1 aromatic rings. The molecule has 0 amide bonds. The van der Waals surface area contributed by atoms with Gasteiger partial charge in [-0.3, -0.25) is 0 Å².